The third-order valence-electron chi connectivity index (χ3n) is 3.90. The van der Waals surface area contributed by atoms with E-state index in [0.29, 0.717) is 12.2 Å². The van der Waals surface area contributed by atoms with Crippen LogP contribution in [-0.4, -0.2) is 55.1 Å². The van der Waals surface area contributed by atoms with Crippen molar-refractivity contribution in [2.45, 2.75) is 6.42 Å². The molecular weight excluding hydrogens is 379 g/mol. The summed E-state index contributed by atoms with van der Waals surface area (Å²) in [5, 5.41) is 9.02. The highest BCUT2D eigenvalue weighted by Crippen LogP contribution is 2.23. The third-order valence-corrected chi connectivity index (χ3v) is 4.80. The summed E-state index contributed by atoms with van der Waals surface area (Å²) in [7, 11) is 0. The third kappa shape index (κ3) is 6.56. The number of hydrogen-bond donors (Lipinski definition) is 2. The largest absolute Gasteiger partial charge is 0.351 e. The fraction of sp³-hybridized carbons (Fsp3) is 0.412. The molecule has 0 unspecified atom stereocenters. The van der Waals surface area contributed by atoms with Gasteiger partial charge in [-0.2, -0.15) is 0 Å². The van der Waals surface area contributed by atoms with Crippen molar-refractivity contribution in [1.82, 2.24) is 20.5 Å². The number of amides is 1. The standard InChI is InChI=1S/C17H22N4OS.2ClH/c22-16(19-7-4-10-21-11-8-18-9-12-21)15-13-23-17(20-15)14-5-2-1-3-6-14;;/h1-3,5-6,13,18H,4,7-12H2,(H,19,22);2*1H. The van der Waals surface area contributed by atoms with Gasteiger partial charge in [-0.15, -0.1) is 36.2 Å². The van der Waals surface area contributed by atoms with Crippen LogP contribution in [0.5, 0.6) is 0 Å². The van der Waals surface area contributed by atoms with E-state index in [4.69, 9.17) is 0 Å². The van der Waals surface area contributed by atoms with Gasteiger partial charge in [0, 0.05) is 43.7 Å². The van der Waals surface area contributed by atoms with Gasteiger partial charge in [0.2, 0.25) is 0 Å². The van der Waals surface area contributed by atoms with E-state index in [1.165, 1.54) is 11.3 Å². The van der Waals surface area contributed by atoms with Gasteiger partial charge in [0.05, 0.1) is 0 Å². The highest BCUT2D eigenvalue weighted by atomic mass is 35.5. The molecule has 2 heterocycles. The quantitative estimate of drug-likeness (QED) is 0.729. The van der Waals surface area contributed by atoms with E-state index in [9.17, 15) is 4.79 Å². The van der Waals surface area contributed by atoms with Gasteiger partial charge < -0.3 is 15.5 Å². The molecule has 0 radical (unpaired) electrons. The Kier molecular flexibility index (Phi) is 10.0. The van der Waals surface area contributed by atoms with Crippen LogP contribution in [-0.2, 0) is 0 Å². The Balaban J connectivity index is 0.00000156. The second-order valence-corrected chi connectivity index (χ2v) is 6.46. The number of carbonyl (C=O) groups excluding carboxylic acids is 1. The highest BCUT2D eigenvalue weighted by Gasteiger charge is 2.12. The van der Waals surface area contributed by atoms with Gasteiger partial charge in [0.15, 0.2) is 0 Å². The molecule has 1 aliphatic heterocycles. The lowest BCUT2D eigenvalue weighted by Gasteiger charge is -2.26. The summed E-state index contributed by atoms with van der Waals surface area (Å²) in [6, 6.07) is 9.95. The summed E-state index contributed by atoms with van der Waals surface area (Å²) in [4.78, 5) is 19.0. The van der Waals surface area contributed by atoms with Crippen molar-refractivity contribution >= 4 is 42.1 Å². The maximum absolute atomic E-state index is 12.1. The molecule has 0 atom stereocenters. The minimum atomic E-state index is -0.0799. The van der Waals surface area contributed by atoms with Crippen LogP contribution in [0.2, 0.25) is 0 Å². The monoisotopic (exact) mass is 402 g/mol. The topological polar surface area (TPSA) is 57.3 Å². The van der Waals surface area contributed by atoms with Crippen LogP contribution < -0.4 is 10.6 Å². The van der Waals surface area contributed by atoms with Gasteiger partial charge in [-0.1, -0.05) is 30.3 Å². The first-order valence-corrected chi connectivity index (χ1v) is 8.93. The molecule has 0 bridgehead atoms. The Bertz CT molecular complexity index is 633. The normalized spacial score (nSPS) is 14.2. The Morgan fingerprint density at radius 3 is 2.64 bits per heavy atom. The maximum Gasteiger partial charge on any atom is 0.270 e. The zero-order valence-corrected chi connectivity index (χ0v) is 16.4. The predicted octanol–water partition coefficient (Wildman–Crippen LogP) is 2.68. The molecule has 8 heteroatoms. The van der Waals surface area contributed by atoms with Crippen molar-refractivity contribution in [3.63, 3.8) is 0 Å². The number of hydrogen-bond acceptors (Lipinski definition) is 5. The second-order valence-electron chi connectivity index (χ2n) is 5.61. The van der Waals surface area contributed by atoms with E-state index in [0.717, 1.165) is 49.7 Å². The molecule has 138 valence electrons. The molecule has 1 fully saturated rings. The first-order valence-electron chi connectivity index (χ1n) is 8.05. The summed E-state index contributed by atoms with van der Waals surface area (Å²) < 4.78 is 0. The molecule has 2 N–H and O–H groups in total. The summed E-state index contributed by atoms with van der Waals surface area (Å²) >= 11 is 1.51. The van der Waals surface area contributed by atoms with Crippen molar-refractivity contribution in [1.29, 1.82) is 0 Å². The number of carbonyl (C=O) groups is 1. The zero-order chi connectivity index (χ0) is 15.9. The fourth-order valence-corrected chi connectivity index (χ4v) is 3.43. The molecule has 2 aromatic rings. The van der Waals surface area contributed by atoms with E-state index in [1.54, 1.807) is 0 Å². The van der Waals surface area contributed by atoms with E-state index in [1.807, 2.05) is 35.7 Å². The predicted molar refractivity (Wildman–Crippen MR) is 108 cm³/mol. The van der Waals surface area contributed by atoms with Crippen LogP contribution in [0.4, 0.5) is 0 Å². The Labute approximate surface area is 165 Å². The minimum Gasteiger partial charge on any atom is -0.351 e. The van der Waals surface area contributed by atoms with Gasteiger partial charge in [-0.05, 0) is 13.0 Å². The molecule has 0 aliphatic carbocycles. The van der Waals surface area contributed by atoms with Crippen molar-refractivity contribution in [2.75, 3.05) is 39.3 Å². The van der Waals surface area contributed by atoms with E-state index in [2.05, 4.69) is 20.5 Å². The molecule has 1 aliphatic rings. The lowest BCUT2D eigenvalue weighted by atomic mass is 10.2. The molecule has 3 rings (SSSR count). The van der Waals surface area contributed by atoms with Crippen molar-refractivity contribution in [3.8, 4) is 10.6 Å². The van der Waals surface area contributed by atoms with Gasteiger partial charge in [-0.25, -0.2) is 4.98 Å². The van der Waals surface area contributed by atoms with Crippen LogP contribution in [0, 0.1) is 0 Å². The number of halogens is 2. The summed E-state index contributed by atoms with van der Waals surface area (Å²) in [6.45, 7) is 6.05. The van der Waals surface area contributed by atoms with Crippen LogP contribution >= 0.6 is 36.2 Å². The number of piperazine rings is 1. The fourth-order valence-electron chi connectivity index (χ4n) is 2.62. The Morgan fingerprint density at radius 2 is 1.92 bits per heavy atom. The summed E-state index contributed by atoms with van der Waals surface area (Å²) in [6.07, 6.45) is 0.974. The first kappa shape index (κ1) is 21.9. The minimum absolute atomic E-state index is 0. The molecule has 1 aromatic carbocycles. The lowest BCUT2D eigenvalue weighted by Crippen LogP contribution is -2.44. The molecule has 1 amide bonds. The van der Waals surface area contributed by atoms with Gasteiger partial charge >= 0.3 is 0 Å². The molecular formula is C17H24Cl2N4OS. The number of nitrogens with one attached hydrogen (secondary N) is 2. The molecule has 25 heavy (non-hydrogen) atoms. The number of rotatable bonds is 6. The van der Waals surface area contributed by atoms with E-state index >= 15 is 0 Å². The molecule has 1 saturated heterocycles. The zero-order valence-electron chi connectivity index (χ0n) is 13.9. The number of aromatic nitrogens is 1. The average molecular weight is 403 g/mol. The Hall–Kier alpha value is -1.18. The van der Waals surface area contributed by atoms with Gasteiger partial charge in [-0.3, -0.25) is 4.79 Å². The van der Waals surface area contributed by atoms with E-state index < -0.39 is 0 Å². The number of benzene rings is 1. The van der Waals surface area contributed by atoms with Gasteiger partial charge in [0.25, 0.3) is 5.91 Å². The lowest BCUT2D eigenvalue weighted by molar-refractivity contribution is 0.0947. The second kappa shape index (κ2) is 11.4. The summed E-state index contributed by atoms with van der Waals surface area (Å²) in [5.41, 5.74) is 1.56. The highest BCUT2D eigenvalue weighted by molar-refractivity contribution is 7.13. The van der Waals surface area contributed by atoms with Crippen LogP contribution in [0.1, 0.15) is 16.9 Å². The molecule has 1 aromatic heterocycles. The molecule has 5 nitrogen and oxygen atoms in total. The molecule has 0 spiro atoms. The first-order chi connectivity index (χ1) is 11.3. The summed E-state index contributed by atoms with van der Waals surface area (Å²) in [5.74, 6) is -0.0799. The van der Waals surface area contributed by atoms with Crippen LogP contribution in [0.25, 0.3) is 10.6 Å². The number of thiazole rings is 1. The molecule has 0 saturated carbocycles. The van der Waals surface area contributed by atoms with Crippen LogP contribution in [0.15, 0.2) is 35.7 Å². The van der Waals surface area contributed by atoms with Crippen molar-refractivity contribution in [2.24, 2.45) is 0 Å². The Morgan fingerprint density at radius 1 is 1.20 bits per heavy atom. The van der Waals surface area contributed by atoms with E-state index in [-0.39, 0.29) is 30.7 Å². The maximum atomic E-state index is 12.1. The smallest absolute Gasteiger partial charge is 0.270 e. The van der Waals surface area contributed by atoms with Gasteiger partial charge in [0.1, 0.15) is 10.7 Å². The number of nitrogens with zero attached hydrogens (tertiary/aromatic N) is 2. The van der Waals surface area contributed by atoms with Crippen LogP contribution in [0.3, 0.4) is 0 Å². The average Bonchev–Trinajstić information content (AvgIpc) is 3.10. The van der Waals surface area contributed by atoms with Crippen molar-refractivity contribution < 1.29 is 4.79 Å². The SMILES string of the molecule is Cl.Cl.O=C(NCCCN1CCNCC1)c1csc(-c2ccccc2)n1. The van der Waals surface area contributed by atoms with Crippen molar-refractivity contribution in [3.05, 3.63) is 41.4 Å².